The molecule has 0 saturated heterocycles. The fourth-order valence-electron chi connectivity index (χ4n) is 1.95. The van der Waals surface area contributed by atoms with Gasteiger partial charge in [0.1, 0.15) is 17.5 Å². The van der Waals surface area contributed by atoms with Gasteiger partial charge in [-0.05, 0) is 30.7 Å². The molecule has 0 saturated carbocycles. The Labute approximate surface area is 134 Å². The van der Waals surface area contributed by atoms with E-state index in [0.29, 0.717) is 34.3 Å². The highest BCUT2D eigenvalue weighted by atomic mass is 35.5. The highest BCUT2D eigenvalue weighted by Gasteiger charge is 2.13. The van der Waals surface area contributed by atoms with Crippen molar-refractivity contribution in [2.45, 2.75) is 13.3 Å². The molecule has 0 atom stereocenters. The van der Waals surface area contributed by atoms with E-state index in [1.54, 1.807) is 36.0 Å². The molecule has 0 aliphatic carbocycles. The smallest absolute Gasteiger partial charge is 0.272 e. The molecule has 0 unspecified atom stereocenters. The molecule has 0 bridgehead atoms. The maximum Gasteiger partial charge on any atom is 0.272 e. The zero-order valence-electron chi connectivity index (χ0n) is 12.4. The van der Waals surface area contributed by atoms with Gasteiger partial charge in [0.2, 0.25) is 0 Å². The fraction of sp³-hybridized carbons (Fsp3) is 0.250. The van der Waals surface area contributed by atoms with Gasteiger partial charge in [-0.25, -0.2) is 0 Å². The molecule has 22 heavy (non-hydrogen) atoms. The number of amides is 1. The van der Waals surface area contributed by atoms with Crippen LogP contribution in [0.2, 0.25) is 5.02 Å². The molecular weight excluding hydrogens is 302 g/mol. The monoisotopic (exact) mass is 317 g/mol. The first-order valence-corrected chi connectivity index (χ1v) is 7.23. The minimum absolute atomic E-state index is 0.303. The average Bonchev–Trinajstić information content (AvgIpc) is 2.88. The van der Waals surface area contributed by atoms with Crippen molar-refractivity contribution >= 4 is 23.2 Å². The van der Waals surface area contributed by atoms with Gasteiger partial charge in [-0.2, -0.15) is 5.26 Å². The lowest BCUT2D eigenvalue weighted by Crippen LogP contribution is -2.15. The third kappa shape index (κ3) is 3.60. The molecular formula is C16H16ClN3O2. The number of anilines is 1. The Bertz CT molecular complexity index is 731. The highest BCUT2D eigenvalue weighted by Crippen LogP contribution is 2.28. The molecule has 5 nitrogen and oxygen atoms in total. The quantitative estimate of drug-likeness (QED) is 0.916. The summed E-state index contributed by atoms with van der Waals surface area (Å²) in [6, 6.07) is 8.63. The average molecular weight is 318 g/mol. The zero-order chi connectivity index (χ0) is 16.1. The largest absolute Gasteiger partial charge is 0.492 e. The number of carbonyl (C=O) groups is 1. The van der Waals surface area contributed by atoms with E-state index in [1.165, 1.54) is 6.07 Å². The van der Waals surface area contributed by atoms with Gasteiger partial charge in [-0.3, -0.25) is 4.79 Å². The van der Waals surface area contributed by atoms with Crippen molar-refractivity contribution in [1.29, 1.82) is 5.26 Å². The first-order chi connectivity index (χ1) is 10.5. The number of carbonyl (C=O) groups excluding carboxylic acids is 1. The molecule has 0 aliphatic heterocycles. The van der Waals surface area contributed by atoms with Crippen LogP contribution >= 0.6 is 11.6 Å². The van der Waals surface area contributed by atoms with E-state index in [1.807, 2.05) is 13.0 Å². The summed E-state index contributed by atoms with van der Waals surface area (Å²) in [7, 11) is 1.71. The maximum atomic E-state index is 12.2. The highest BCUT2D eigenvalue weighted by molar-refractivity contribution is 6.32. The Morgan fingerprint density at radius 1 is 1.45 bits per heavy atom. The summed E-state index contributed by atoms with van der Waals surface area (Å²) in [5.41, 5.74) is 1.41. The molecule has 1 N–H and O–H groups in total. The number of aromatic nitrogens is 1. The number of halogens is 1. The van der Waals surface area contributed by atoms with Crippen molar-refractivity contribution in [3.8, 4) is 11.8 Å². The number of hydrogen-bond donors (Lipinski definition) is 1. The SMILES string of the molecule is CCCOc1ccc(NC(=O)c2cc(C#N)cn2C)cc1Cl. The van der Waals surface area contributed by atoms with E-state index in [-0.39, 0.29) is 5.91 Å². The van der Waals surface area contributed by atoms with Crippen LogP contribution in [0.25, 0.3) is 0 Å². The summed E-state index contributed by atoms with van der Waals surface area (Å²) in [5.74, 6) is 0.287. The lowest BCUT2D eigenvalue weighted by Gasteiger charge is -2.10. The van der Waals surface area contributed by atoms with E-state index >= 15 is 0 Å². The summed E-state index contributed by atoms with van der Waals surface area (Å²) in [6.07, 6.45) is 2.49. The summed E-state index contributed by atoms with van der Waals surface area (Å²) < 4.78 is 7.09. The Morgan fingerprint density at radius 2 is 2.23 bits per heavy atom. The molecule has 6 heteroatoms. The first-order valence-electron chi connectivity index (χ1n) is 6.85. The number of nitriles is 1. The summed E-state index contributed by atoms with van der Waals surface area (Å²) in [6.45, 7) is 2.60. The minimum atomic E-state index is -0.303. The van der Waals surface area contributed by atoms with E-state index in [0.717, 1.165) is 6.42 Å². The lowest BCUT2D eigenvalue weighted by atomic mass is 10.2. The maximum absolute atomic E-state index is 12.2. The number of aryl methyl sites for hydroxylation is 1. The van der Waals surface area contributed by atoms with Crippen molar-refractivity contribution in [3.63, 3.8) is 0 Å². The normalized spacial score (nSPS) is 10.1. The Balaban J connectivity index is 2.13. The molecule has 2 aromatic rings. The van der Waals surface area contributed by atoms with E-state index in [4.69, 9.17) is 21.6 Å². The van der Waals surface area contributed by atoms with Crippen LogP contribution in [0.4, 0.5) is 5.69 Å². The molecule has 1 aromatic carbocycles. The molecule has 114 valence electrons. The number of ether oxygens (including phenoxy) is 1. The van der Waals surface area contributed by atoms with Gasteiger partial charge in [0.25, 0.3) is 5.91 Å². The third-order valence-corrected chi connectivity index (χ3v) is 3.31. The topological polar surface area (TPSA) is 67.0 Å². The standard InChI is InChI=1S/C16H16ClN3O2/c1-3-6-22-15-5-4-12(8-13(15)17)19-16(21)14-7-11(9-18)10-20(14)2/h4-5,7-8,10H,3,6H2,1-2H3,(H,19,21). The second kappa shape index (κ2) is 7.01. The second-order valence-electron chi connectivity index (χ2n) is 4.78. The summed E-state index contributed by atoms with van der Waals surface area (Å²) in [5, 5.41) is 12.1. The van der Waals surface area contributed by atoms with Gasteiger partial charge < -0.3 is 14.6 Å². The summed E-state index contributed by atoms with van der Waals surface area (Å²) >= 11 is 6.13. The number of nitrogens with zero attached hydrogens (tertiary/aromatic N) is 2. The second-order valence-corrected chi connectivity index (χ2v) is 5.19. The third-order valence-electron chi connectivity index (χ3n) is 3.02. The van der Waals surface area contributed by atoms with Crippen molar-refractivity contribution in [2.75, 3.05) is 11.9 Å². The molecule has 0 spiro atoms. The number of nitrogens with one attached hydrogen (secondary N) is 1. The van der Waals surface area contributed by atoms with E-state index in [9.17, 15) is 4.79 Å². The van der Waals surface area contributed by atoms with Gasteiger partial charge in [0, 0.05) is 18.9 Å². The van der Waals surface area contributed by atoms with Crippen molar-refractivity contribution in [1.82, 2.24) is 4.57 Å². The van der Waals surface area contributed by atoms with Gasteiger partial charge in [-0.1, -0.05) is 18.5 Å². The number of benzene rings is 1. The van der Waals surface area contributed by atoms with Crippen LogP contribution < -0.4 is 10.1 Å². The van der Waals surface area contributed by atoms with Crippen LogP contribution in [0.3, 0.4) is 0 Å². The number of hydrogen-bond acceptors (Lipinski definition) is 3. The Hall–Kier alpha value is -2.45. The van der Waals surface area contributed by atoms with Crippen LogP contribution in [0.15, 0.2) is 30.5 Å². The summed E-state index contributed by atoms with van der Waals surface area (Å²) in [4.78, 5) is 12.2. The zero-order valence-corrected chi connectivity index (χ0v) is 13.1. The van der Waals surface area contributed by atoms with Gasteiger partial charge in [0.15, 0.2) is 0 Å². The van der Waals surface area contributed by atoms with Crippen LogP contribution in [0.1, 0.15) is 29.4 Å². The molecule has 0 radical (unpaired) electrons. The van der Waals surface area contributed by atoms with Crippen LogP contribution in [0.5, 0.6) is 5.75 Å². The molecule has 1 heterocycles. The van der Waals surface area contributed by atoms with Crippen molar-refractivity contribution in [3.05, 3.63) is 46.7 Å². The van der Waals surface area contributed by atoms with Gasteiger partial charge in [0.05, 0.1) is 17.2 Å². The molecule has 2 rings (SSSR count). The Morgan fingerprint density at radius 3 is 2.82 bits per heavy atom. The number of rotatable bonds is 5. The van der Waals surface area contributed by atoms with Crippen LogP contribution in [0, 0.1) is 11.3 Å². The van der Waals surface area contributed by atoms with E-state index < -0.39 is 0 Å². The minimum Gasteiger partial charge on any atom is -0.492 e. The lowest BCUT2D eigenvalue weighted by molar-refractivity contribution is 0.101. The molecule has 0 aliphatic rings. The van der Waals surface area contributed by atoms with Gasteiger partial charge in [-0.15, -0.1) is 0 Å². The molecule has 0 fully saturated rings. The predicted molar refractivity (Wildman–Crippen MR) is 85.3 cm³/mol. The van der Waals surface area contributed by atoms with Crippen LogP contribution in [-0.4, -0.2) is 17.1 Å². The van der Waals surface area contributed by atoms with Gasteiger partial charge >= 0.3 is 0 Å². The molecule has 1 aromatic heterocycles. The Kier molecular flexibility index (Phi) is 5.08. The predicted octanol–water partition coefficient (Wildman–Crippen LogP) is 3.59. The van der Waals surface area contributed by atoms with Crippen LogP contribution in [-0.2, 0) is 7.05 Å². The molecule has 1 amide bonds. The van der Waals surface area contributed by atoms with Crippen molar-refractivity contribution in [2.24, 2.45) is 7.05 Å². The first kappa shape index (κ1) is 15.9. The van der Waals surface area contributed by atoms with Crippen molar-refractivity contribution < 1.29 is 9.53 Å². The fourth-order valence-corrected chi connectivity index (χ4v) is 2.19. The van der Waals surface area contributed by atoms with E-state index in [2.05, 4.69) is 5.32 Å².